The second-order valence-electron chi connectivity index (χ2n) is 6.00. The molecular weight excluding hydrogens is 324 g/mol. The van der Waals surface area contributed by atoms with E-state index in [-0.39, 0.29) is 11.6 Å². The number of hydrogen-bond donors (Lipinski definition) is 1. The minimum atomic E-state index is -0.782. The van der Waals surface area contributed by atoms with Gasteiger partial charge in [-0.15, -0.1) is 0 Å². The number of nitrogens with zero attached hydrogens (tertiary/aromatic N) is 1. The van der Waals surface area contributed by atoms with E-state index in [0.717, 1.165) is 6.42 Å². The van der Waals surface area contributed by atoms with Crippen LogP contribution >= 0.6 is 0 Å². The van der Waals surface area contributed by atoms with Crippen LogP contribution in [0.3, 0.4) is 0 Å². The van der Waals surface area contributed by atoms with Gasteiger partial charge in [0.15, 0.2) is 11.5 Å². The first-order chi connectivity index (χ1) is 12.1. The van der Waals surface area contributed by atoms with E-state index in [2.05, 4.69) is 4.98 Å². The summed E-state index contributed by atoms with van der Waals surface area (Å²) in [5, 5.41) is 9.52. The Balaban J connectivity index is 1.95. The zero-order valence-electron chi connectivity index (χ0n) is 14.4. The Labute approximate surface area is 146 Å². The molecule has 5 nitrogen and oxygen atoms in total. The highest BCUT2D eigenvalue weighted by Gasteiger charge is 2.31. The summed E-state index contributed by atoms with van der Waals surface area (Å²) in [4.78, 5) is 4.47. The maximum Gasteiger partial charge on any atom is 0.454 e. The summed E-state index contributed by atoms with van der Waals surface area (Å²) in [6, 6.07) is 8.29. The lowest BCUT2D eigenvalue weighted by Crippen LogP contribution is -2.08. The molecule has 25 heavy (non-hydrogen) atoms. The molecule has 7 heteroatoms. The molecule has 0 amide bonds. The summed E-state index contributed by atoms with van der Waals surface area (Å²) in [6.45, 7) is 2.94. The SMILES string of the molecule is CCCOc1cc(-c2nc(C3COB(O)C3)ccc2F)ccc1OC. The first-order valence-corrected chi connectivity index (χ1v) is 8.39. The molecule has 1 fully saturated rings. The number of hydrogen-bond acceptors (Lipinski definition) is 5. The zero-order chi connectivity index (χ0) is 17.8. The van der Waals surface area contributed by atoms with Crippen molar-refractivity contribution >= 4 is 7.12 Å². The van der Waals surface area contributed by atoms with Gasteiger partial charge in [0.25, 0.3) is 0 Å². The van der Waals surface area contributed by atoms with E-state index in [9.17, 15) is 9.41 Å². The second kappa shape index (κ2) is 7.84. The Bertz CT molecular complexity index is 743. The highest BCUT2D eigenvalue weighted by atomic mass is 19.1. The van der Waals surface area contributed by atoms with Crippen molar-refractivity contribution < 1.29 is 23.5 Å². The fourth-order valence-electron chi connectivity index (χ4n) is 2.85. The van der Waals surface area contributed by atoms with E-state index in [0.29, 0.717) is 42.3 Å². The van der Waals surface area contributed by atoms with E-state index < -0.39 is 12.9 Å². The molecule has 132 valence electrons. The molecule has 1 aromatic heterocycles. The Morgan fingerprint density at radius 1 is 1.32 bits per heavy atom. The second-order valence-corrected chi connectivity index (χ2v) is 6.00. The first-order valence-electron chi connectivity index (χ1n) is 8.39. The molecule has 1 unspecified atom stereocenters. The minimum Gasteiger partial charge on any atom is -0.493 e. The zero-order valence-corrected chi connectivity index (χ0v) is 14.4. The molecule has 0 spiro atoms. The fourth-order valence-corrected chi connectivity index (χ4v) is 2.85. The van der Waals surface area contributed by atoms with E-state index in [1.165, 1.54) is 6.07 Å². The summed E-state index contributed by atoms with van der Waals surface area (Å²) >= 11 is 0. The van der Waals surface area contributed by atoms with Crippen LogP contribution in [0.5, 0.6) is 11.5 Å². The highest BCUT2D eigenvalue weighted by molar-refractivity contribution is 6.43. The monoisotopic (exact) mass is 345 g/mol. The van der Waals surface area contributed by atoms with E-state index in [1.54, 1.807) is 31.4 Å². The molecule has 2 aromatic rings. The molecule has 1 atom stereocenters. The average molecular weight is 345 g/mol. The van der Waals surface area contributed by atoms with Gasteiger partial charge in [0.05, 0.1) is 13.7 Å². The fraction of sp³-hybridized carbons (Fsp3) is 0.389. The quantitative estimate of drug-likeness (QED) is 0.815. The van der Waals surface area contributed by atoms with Gasteiger partial charge in [-0.25, -0.2) is 9.37 Å². The van der Waals surface area contributed by atoms with Crippen LogP contribution in [0.4, 0.5) is 4.39 Å². The van der Waals surface area contributed by atoms with Gasteiger partial charge in [-0.2, -0.15) is 0 Å². The number of rotatable bonds is 6. The number of halogens is 1. The predicted molar refractivity (Wildman–Crippen MR) is 93.4 cm³/mol. The van der Waals surface area contributed by atoms with Gasteiger partial charge in [0.2, 0.25) is 0 Å². The molecule has 1 aliphatic rings. The molecule has 1 aromatic carbocycles. The lowest BCUT2D eigenvalue weighted by atomic mass is 9.81. The standard InChI is InChI=1S/C18H21BFNO4/c1-3-8-24-17-9-12(4-7-16(17)23-2)18-14(20)5-6-15(21-18)13-10-19(22)25-11-13/h4-7,9,13,22H,3,8,10-11H2,1-2H3. The van der Waals surface area contributed by atoms with Crippen molar-refractivity contribution in [1.29, 1.82) is 0 Å². The molecular formula is C18H21BFNO4. The van der Waals surface area contributed by atoms with Gasteiger partial charge in [-0.1, -0.05) is 6.92 Å². The maximum atomic E-state index is 14.4. The van der Waals surface area contributed by atoms with Crippen molar-refractivity contribution in [2.75, 3.05) is 20.3 Å². The molecule has 1 N–H and O–H groups in total. The summed E-state index contributed by atoms with van der Waals surface area (Å²) in [7, 11) is 0.786. The number of benzene rings is 1. The van der Waals surface area contributed by atoms with Crippen molar-refractivity contribution in [2.24, 2.45) is 0 Å². The summed E-state index contributed by atoms with van der Waals surface area (Å²) < 4.78 is 30.5. The molecule has 0 bridgehead atoms. The van der Waals surface area contributed by atoms with Gasteiger partial charge in [0, 0.05) is 23.8 Å². The van der Waals surface area contributed by atoms with E-state index in [1.807, 2.05) is 6.92 Å². The van der Waals surface area contributed by atoms with Crippen LogP contribution in [0.25, 0.3) is 11.3 Å². The highest BCUT2D eigenvalue weighted by Crippen LogP contribution is 2.34. The smallest absolute Gasteiger partial charge is 0.454 e. The van der Waals surface area contributed by atoms with E-state index >= 15 is 0 Å². The van der Waals surface area contributed by atoms with Crippen LogP contribution in [0.1, 0.15) is 25.0 Å². The number of aromatic nitrogens is 1. The maximum absolute atomic E-state index is 14.4. The lowest BCUT2D eigenvalue weighted by Gasteiger charge is -2.13. The molecule has 2 heterocycles. The van der Waals surface area contributed by atoms with Gasteiger partial charge in [-0.05, 0) is 43.1 Å². The van der Waals surface area contributed by atoms with Crippen molar-refractivity contribution in [3.63, 3.8) is 0 Å². The number of methoxy groups -OCH3 is 1. The normalized spacial score (nSPS) is 17.0. The van der Waals surface area contributed by atoms with Crippen molar-refractivity contribution in [1.82, 2.24) is 4.98 Å². The summed E-state index contributed by atoms with van der Waals surface area (Å²) in [5.41, 5.74) is 1.58. The van der Waals surface area contributed by atoms with Crippen LogP contribution < -0.4 is 9.47 Å². The topological polar surface area (TPSA) is 60.8 Å². The minimum absolute atomic E-state index is 0.0385. The number of ether oxygens (including phenoxy) is 2. The van der Waals surface area contributed by atoms with Crippen LogP contribution in [0.2, 0.25) is 6.32 Å². The molecule has 0 saturated carbocycles. The Hall–Kier alpha value is -2.12. The third kappa shape index (κ3) is 3.94. The Morgan fingerprint density at radius 3 is 2.84 bits per heavy atom. The average Bonchev–Trinajstić information content (AvgIpc) is 3.06. The third-order valence-corrected chi connectivity index (χ3v) is 4.16. The molecule has 0 aliphatic carbocycles. The largest absolute Gasteiger partial charge is 0.493 e. The van der Waals surface area contributed by atoms with Crippen LogP contribution in [0, 0.1) is 5.82 Å². The molecule has 0 radical (unpaired) electrons. The van der Waals surface area contributed by atoms with Crippen molar-refractivity contribution in [3.05, 3.63) is 41.8 Å². The number of pyridine rings is 1. The first kappa shape index (κ1) is 17.7. The molecule has 1 saturated heterocycles. The predicted octanol–water partition coefficient (Wildman–Crippen LogP) is 3.28. The van der Waals surface area contributed by atoms with Crippen molar-refractivity contribution in [3.8, 4) is 22.8 Å². The molecule has 3 rings (SSSR count). The van der Waals surface area contributed by atoms with Crippen LogP contribution in [-0.2, 0) is 4.65 Å². The summed E-state index contributed by atoms with van der Waals surface area (Å²) in [6.07, 6.45) is 1.32. The Kier molecular flexibility index (Phi) is 5.55. The van der Waals surface area contributed by atoms with Crippen molar-refractivity contribution in [2.45, 2.75) is 25.6 Å². The van der Waals surface area contributed by atoms with Gasteiger partial charge in [-0.3, -0.25) is 0 Å². The van der Waals surface area contributed by atoms with E-state index in [4.69, 9.17) is 14.1 Å². The lowest BCUT2D eigenvalue weighted by molar-refractivity contribution is 0.291. The molecule has 1 aliphatic heterocycles. The Morgan fingerprint density at radius 2 is 2.16 bits per heavy atom. The van der Waals surface area contributed by atoms with Gasteiger partial charge in [0.1, 0.15) is 11.5 Å². The summed E-state index contributed by atoms with van der Waals surface area (Å²) in [5.74, 6) is 0.715. The van der Waals surface area contributed by atoms with Crippen LogP contribution in [-0.4, -0.2) is 37.4 Å². The third-order valence-electron chi connectivity index (χ3n) is 4.16. The van der Waals surface area contributed by atoms with Crippen LogP contribution in [0.15, 0.2) is 30.3 Å². The van der Waals surface area contributed by atoms with Gasteiger partial charge >= 0.3 is 7.12 Å². The van der Waals surface area contributed by atoms with Gasteiger partial charge < -0.3 is 19.2 Å².